The summed E-state index contributed by atoms with van der Waals surface area (Å²) < 4.78 is 0. The highest BCUT2D eigenvalue weighted by Gasteiger charge is 2.30. The molecular weight excluding hydrogens is 228 g/mol. The number of carbonyl (C=O) groups is 2. The van der Waals surface area contributed by atoms with Crippen LogP contribution in [0.3, 0.4) is 0 Å². The van der Waals surface area contributed by atoms with Crippen molar-refractivity contribution in [3.63, 3.8) is 0 Å². The summed E-state index contributed by atoms with van der Waals surface area (Å²) in [5.74, 6) is -1.25. The number of urea groups is 1. The number of carbonyl (C=O) groups excluding carboxylic acids is 1. The van der Waals surface area contributed by atoms with Gasteiger partial charge in [0.1, 0.15) is 0 Å². The highest BCUT2D eigenvalue weighted by atomic mass is 32.1. The van der Waals surface area contributed by atoms with Crippen LogP contribution in [0.4, 0.5) is 10.5 Å². The van der Waals surface area contributed by atoms with Crippen LogP contribution in [0, 0.1) is 5.92 Å². The van der Waals surface area contributed by atoms with E-state index >= 15 is 0 Å². The van der Waals surface area contributed by atoms with Gasteiger partial charge in [-0.25, -0.2) is 4.79 Å². The Hall–Kier alpha value is -1.56. The first kappa shape index (κ1) is 10.9. The molecule has 0 aliphatic carbocycles. The van der Waals surface area contributed by atoms with Gasteiger partial charge in [-0.05, 0) is 17.9 Å². The number of hydrogen-bond donors (Lipinski definition) is 2. The molecule has 0 radical (unpaired) electrons. The Labute approximate surface area is 96.7 Å². The Morgan fingerprint density at radius 3 is 2.94 bits per heavy atom. The molecule has 1 fully saturated rings. The molecule has 1 saturated heterocycles. The van der Waals surface area contributed by atoms with Gasteiger partial charge in [0.25, 0.3) is 0 Å². The van der Waals surface area contributed by atoms with E-state index in [0.717, 1.165) is 5.69 Å². The van der Waals surface area contributed by atoms with Gasteiger partial charge in [-0.1, -0.05) is 0 Å². The molecule has 5 nitrogen and oxygen atoms in total. The van der Waals surface area contributed by atoms with Crippen LogP contribution in [-0.4, -0.2) is 35.1 Å². The number of nitrogens with zero attached hydrogens (tertiary/aromatic N) is 1. The molecule has 0 aromatic carbocycles. The van der Waals surface area contributed by atoms with Crippen LogP contribution in [0.15, 0.2) is 16.8 Å². The quantitative estimate of drug-likeness (QED) is 0.826. The maximum Gasteiger partial charge on any atom is 0.321 e. The van der Waals surface area contributed by atoms with Crippen molar-refractivity contribution in [1.29, 1.82) is 0 Å². The minimum atomic E-state index is -0.828. The highest BCUT2D eigenvalue weighted by Crippen LogP contribution is 2.18. The van der Waals surface area contributed by atoms with Gasteiger partial charge in [0.05, 0.1) is 11.6 Å². The van der Waals surface area contributed by atoms with Crippen molar-refractivity contribution in [1.82, 2.24) is 4.90 Å². The number of carboxylic acids is 1. The van der Waals surface area contributed by atoms with E-state index in [1.165, 1.54) is 16.2 Å². The maximum absolute atomic E-state index is 11.7. The molecule has 0 bridgehead atoms. The Balaban J connectivity index is 1.90. The largest absolute Gasteiger partial charge is 0.481 e. The van der Waals surface area contributed by atoms with Crippen molar-refractivity contribution in [2.75, 3.05) is 18.4 Å². The van der Waals surface area contributed by atoms with Crippen molar-refractivity contribution >= 4 is 29.0 Å². The average molecular weight is 240 g/mol. The number of thiophene rings is 1. The van der Waals surface area contributed by atoms with E-state index in [-0.39, 0.29) is 6.03 Å². The number of likely N-dealkylation sites (tertiary alicyclic amines) is 1. The van der Waals surface area contributed by atoms with Crippen LogP contribution in [0.1, 0.15) is 6.42 Å². The zero-order valence-electron chi connectivity index (χ0n) is 8.55. The molecule has 1 unspecified atom stereocenters. The van der Waals surface area contributed by atoms with Gasteiger partial charge in [-0.15, -0.1) is 0 Å². The van der Waals surface area contributed by atoms with Crippen molar-refractivity contribution < 1.29 is 14.7 Å². The molecule has 86 valence electrons. The summed E-state index contributed by atoms with van der Waals surface area (Å²) in [5, 5.41) is 15.3. The lowest BCUT2D eigenvalue weighted by molar-refractivity contribution is -0.141. The molecule has 1 aliphatic heterocycles. The monoisotopic (exact) mass is 240 g/mol. The Kier molecular flexibility index (Phi) is 3.09. The minimum absolute atomic E-state index is 0.220. The first-order valence-corrected chi connectivity index (χ1v) is 5.92. The molecule has 2 rings (SSSR count). The van der Waals surface area contributed by atoms with E-state index in [2.05, 4.69) is 5.32 Å². The van der Waals surface area contributed by atoms with Gasteiger partial charge >= 0.3 is 12.0 Å². The predicted octanol–water partition coefficient (Wildman–Crippen LogP) is 1.69. The van der Waals surface area contributed by atoms with E-state index in [9.17, 15) is 9.59 Å². The summed E-state index contributed by atoms with van der Waals surface area (Å²) in [5.41, 5.74) is 0.758. The first-order valence-electron chi connectivity index (χ1n) is 4.98. The zero-order valence-corrected chi connectivity index (χ0v) is 9.37. The SMILES string of the molecule is O=C(O)C1CCN(C(=O)Nc2ccsc2)C1. The third-order valence-corrected chi connectivity index (χ3v) is 3.28. The standard InChI is InChI=1S/C10H12N2O3S/c13-9(14)7-1-3-12(5-7)10(15)11-8-2-4-16-6-8/h2,4,6-7H,1,3,5H2,(H,11,15)(H,13,14). The molecule has 0 saturated carbocycles. The van der Waals surface area contributed by atoms with Crippen LogP contribution in [0.25, 0.3) is 0 Å². The zero-order chi connectivity index (χ0) is 11.5. The second-order valence-corrected chi connectivity index (χ2v) is 4.49. The summed E-state index contributed by atoms with van der Waals surface area (Å²) >= 11 is 1.50. The summed E-state index contributed by atoms with van der Waals surface area (Å²) in [4.78, 5) is 24.0. The fraction of sp³-hybridized carbons (Fsp3) is 0.400. The van der Waals surface area contributed by atoms with E-state index in [4.69, 9.17) is 5.11 Å². The van der Waals surface area contributed by atoms with Crippen LogP contribution >= 0.6 is 11.3 Å². The van der Waals surface area contributed by atoms with Crippen LogP contribution in [0.2, 0.25) is 0 Å². The summed E-state index contributed by atoms with van der Waals surface area (Å²) in [6.07, 6.45) is 0.534. The molecule has 2 amide bonds. The smallest absolute Gasteiger partial charge is 0.321 e. The number of nitrogens with one attached hydrogen (secondary N) is 1. The van der Waals surface area contributed by atoms with Crippen LogP contribution in [0.5, 0.6) is 0 Å². The fourth-order valence-electron chi connectivity index (χ4n) is 1.68. The van der Waals surface area contributed by atoms with E-state index < -0.39 is 11.9 Å². The fourth-order valence-corrected chi connectivity index (χ4v) is 2.27. The van der Waals surface area contributed by atoms with Gasteiger partial charge in [0.15, 0.2) is 0 Å². The molecule has 16 heavy (non-hydrogen) atoms. The van der Waals surface area contributed by atoms with E-state index in [1.807, 2.05) is 16.8 Å². The Morgan fingerprint density at radius 2 is 2.38 bits per heavy atom. The predicted molar refractivity (Wildman–Crippen MR) is 60.7 cm³/mol. The summed E-state index contributed by atoms with van der Waals surface area (Å²) in [7, 11) is 0. The molecule has 6 heteroatoms. The van der Waals surface area contributed by atoms with Crippen LogP contribution < -0.4 is 5.32 Å². The minimum Gasteiger partial charge on any atom is -0.481 e. The van der Waals surface area contributed by atoms with Gasteiger partial charge < -0.3 is 15.3 Å². The van der Waals surface area contributed by atoms with Crippen molar-refractivity contribution in [3.05, 3.63) is 16.8 Å². The summed E-state index contributed by atoms with van der Waals surface area (Å²) in [6, 6.07) is 1.59. The molecule has 1 aliphatic rings. The highest BCUT2D eigenvalue weighted by molar-refractivity contribution is 7.08. The van der Waals surface area contributed by atoms with Gasteiger partial charge in [0, 0.05) is 18.5 Å². The molecule has 2 heterocycles. The summed E-state index contributed by atoms with van der Waals surface area (Å²) in [6.45, 7) is 0.804. The number of aliphatic carboxylic acids is 1. The Bertz CT molecular complexity index is 391. The molecule has 2 N–H and O–H groups in total. The van der Waals surface area contributed by atoms with E-state index in [0.29, 0.717) is 19.5 Å². The first-order chi connectivity index (χ1) is 7.66. The Morgan fingerprint density at radius 1 is 1.56 bits per heavy atom. The lowest BCUT2D eigenvalue weighted by Gasteiger charge is -2.15. The van der Waals surface area contributed by atoms with Crippen LogP contribution in [-0.2, 0) is 4.79 Å². The van der Waals surface area contributed by atoms with Gasteiger partial charge in [0.2, 0.25) is 0 Å². The molecule has 1 aromatic heterocycles. The van der Waals surface area contributed by atoms with Crippen molar-refractivity contribution in [2.24, 2.45) is 5.92 Å². The number of anilines is 1. The second kappa shape index (κ2) is 4.52. The third-order valence-electron chi connectivity index (χ3n) is 2.60. The normalized spacial score (nSPS) is 19.8. The number of hydrogen-bond acceptors (Lipinski definition) is 3. The van der Waals surface area contributed by atoms with Gasteiger partial charge in [-0.3, -0.25) is 4.79 Å². The van der Waals surface area contributed by atoms with Crippen molar-refractivity contribution in [3.8, 4) is 0 Å². The molecule has 1 aromatic rings. The third kappa shape index (κ3) is 2.33. The molecular formula is C10H12N2O3S. The van der Waals surface area contributed by atoms with E-state index in [1.54, 1.807) is 0 Å². The topological polar surface area (TPSA) is 69.6 Å². The number of amides is 2. The van der Waals surface area contributed by atoms with Gasteiger partial charge in [-0.2, -0.15) is 11.3 Å². The average Bonchev–Trinajstić information content (AvgIpc) is 2.86. The maximum atomic E-state index is 11.7. The molecule has 1 atom stereocenters. The number of carboxylic acid groups (broad SMARTS) is 1. The van der Waals surface area contributed by atoms with Crippen molar-refractivity contribution in [2.45, 2.75) is 6.42 Å². The number of rotatable bonds is 2. The second-order valence-electron chi connectivity index (χ2n) is 3.71. The lowest BCUT2D eigenvalue weighted by Crippen LogP contribution is -2.33. The molecule has 0 spiro atoms. The lowest BCUT2D eigenvalue weighted by atomic mass is 10.1.